The van der Waals surface area contributed by atoms with Crippen LogP contribution in [0.3, 0.4) is 0 Å². The summed E-state index contributed by atoms with van der Waals surface area (Å²) in [5.41, 5.74) is 0.982. The Morgan fingerprint density at radius 1 is 1.36 bits per heavy atom. The predicted molar refractivity (Wildman–Crippen MR) is 95.1 cm³/mol. The van der Waals surface area contributed by atoms with E-state index in [-0.39, 0.29) is 16.3 Å². The number of para-hydroxylation sites is 1. The number of aromatic amines is 1. The van der Waals surface area contributed by atoms with Gasteiger partial charge in [-0.1, -0.05) is 18.2 Å². The number of aromatic hydroxyl groups is 1. The minimum atomic E-state index is -0.385. The summed E-state index contributed by atoms with van der Waals surface area (Å²) in [7, 11) is 0. The van der Waals surface area contributed by atoms with Gasteiger partial charge in [0.05, 0.1) is 12.8 Å². The van der Waals surface area contributed by atoms with Gasteiger partial charge in [0.1, 0.15) is 5.82 Å². The molecule has 0 aliphatic heterocycles. The van der Waals surface area contributed by atoms with Crippen LogP contribution in [0.25, 0.3) is 11.4 Å². The summed E-state index contributed by atoms with van der Waals surface area (Å²) in [5.74, 6) is 0.327. The molecule has 6 nitrogen and oxygen atoms in total. The van der Waals surface area contributed by atoms with Gasteiger partial charge in [-0.25, -0.2) is 9.49 Å². The molecule has 0 aliphatic rings. The highest BCUT2D eigenvalue weighted by atomic mass is 32.1. The fourth-order valence-electron chi connectivity index (χ4n) is 2.25. The highest BCUT2D eigenvalue weighted by Crippen LogP contribution is 2.28. The standard InChI is InChI=1S/C17H15FN4O2S/c1-2-24-14-8-4-6-12(15(14)23)10-19-22-16(20-21-17(22)25)11-5-3-7-13(18)9-11/h3-10,23H,2H2,1H3,(H,21,25)/b19-10+. The molecule has 0 aliphatic carbocycles. The van der Waals surface area contributed by atoms with E-state index in [9.17, 15) is 9.50 Å². The lowest BCUT2D eigenvalue weighted by atomic mass is 10.2. The lowest BCUT2D eigenvalue weighted by Crippen LogP contribution is -1.97. The van der Waals surface area contributed by atoms with Gasteiger partial charge < -0.3 is 9.84 Å². The summed E-state index contributed by atoms with van der Waals surface area (Å²) < 4.78 is 20.4. The first kappa shape index (κ1) is 16.8. The van der Waals surface area contributed by atoms with Crippen LogP contribution >= 0.6 is 12.2 Å². The van der Waals surface area contributed by atoms with Gasteiger partial charge in [0.15, 0.2) is 17.3 Å². The van der Waals surface area contributed by atoms with Crippen LogP contribution in [-0.2, 0) is 0 Å². The summed E-state index contributed by atoms with van der Waals surface area (Å²) in [6, 6.07) is 11.1. The van der Waals surface area contributed by atoms with Crippen molar-refractivity contribution in [3.63, 3.8) is 0 Å². The van der Waals surface area contributed by atoms with Crippen LogP contribution in [0.15, 0.2) is 47.6 Å². The number of ether oxygens (including phenoxy) is 1. The molecule has 0 unspecified atom stereocenters. The molecule has 1 heterocycles. The molecule has 0 saturated heterocycles. The molecule has 0 atom stereocenters. The van der Waals surface area contributed by atoms with E-state index in [4.69, 9.17) is 17.0 Å². The van der Waals surface area contributed by atoms with E-state index < -0.39 is 0 Å². The maximum absolute atomic E-state index is 13.5. The van der Waals surface area contributed by atoms with Crippen LogP contribution in [0.5, 0.6) is 11.5 Å². The summed E-state index contributed by atoms with van der Waals surface area (Å²) in [4.78, 5) is 0. The molecule has 128 valence electrons. The first-order chi connectivity index (χ1) is 12.1. The third-order valence-electron chi connectivity index (χ3n) is 3.38. The minimum absolute atomic E-state index is 0.0181. The van der Waals surface area contributed by atoms with Crippen molar-refractivity contribution < 1.29 is 14.2 Å². The Bertz CT molecular complexity index is 981. The average Bonchev–Trinajstić information content (AvgIpc) is 2.97. The molecule has 0 spiro atoms. The maximum atomic E-state index is 13.5. The molecule has 0 bridgehead atoms. The first-order valence-electron chi connectivity index (χ1n) is 7.52. The third kappa shape index (κ3) is 3.58. The number of phenolic OH excluding ortho intramolecular Hbond substituents is 1. The van der Waals surface area contributed by atoms with Crippen LogP contribution < -0.4 is 4.74 Å². The molecular formula is C17H15FN4O2S. The molecule has 25 heavy (non-hydrogen) atoms. The summed E-state index contributed by atoms with van der Waals surface area (Å²) >= 11 is 5.17. The SMILES string of the molecule is CCOc1cccc(/C=N/n2c(-c3cccc(F)c3)n[nH]c2=S)c1O. The van der Waals surface area contributed by atoms with Gasteiger partial charge >= 0.3 is 0 Å². The molecule has 0 amide bonds. The normalized spacial score (nSPS) is 11.1. The number of benzene rings is 2. The quantitative estimate of drug-likeness (QED) is 0.538. The van der Waals surface area contributed by atoms with E-state index >= 15 is 0 Å². The second-order valence-corrected chi connectivity index (χ2v) is 5.43. The van der Waals surface area contributed by atoms with Gasteiger partial charge in [-0.3, -0.25) is 0 Å². The monoisotopic (exact) mass is 358 g/mol. The molecule has 2 N–H and O–H groups in total. The smallest absolute Gasteiger partial charge is 0.216 e. The zero-order chi connectivity index (χ0) is 17.8. The Morgan fingerprint density at radius 3 is 2.92 bits per heavy atom. The highest BCUT2D eigenvalue weighted by molar-refractivity contribution is 7.71. The fraction of sp³-hybridized carbons (Fsp3) is 0.118. The Morgan fingerprint density at radius 2 is 2.16 bits per heavy atom. The number of hydrogen-bond donors (Lipinski definition) is 2. The molecule has 3 rings (SSSR count). The lowest BCUT2D eigenvalue weighted by Gasteiger charge is -2.07. The van der Waals surface area contributed by atoms with Gasteiger partial charge in [-0.15, -0.1) is 0 Å². The van der Waals surface area contributed by atoms with E-state index in [0.29, 0.717) is 29.3 Å². The molecule has 0 saturated carbocycles. The van der Waals surface area contributed by atoms with Crippen molar-refractivity contribution in [3.8, 4) is 22.9 Å². The van der Waals surface area contributed by atoms with E-state index in [1.54, 1.807) is 30.3 Å². The zero-order valence-corrected chi connectivity index (χ0v) is 14.1. The third-order valence-corrected chi connectivity index (χ3v) is 3.64. The van der Waals surface area contributed by atoms with Crippen LogP contribution in [0, 0.1) is 10.6 Å². The molecule has 1 aromatic heterocycles. The van der Waals surface area contributed by atoms with E-state index in [1.807, 2.05) is 6.92 Å². The van der Waals surface area contributed by atoms with E-state index in [0.717, 1.165) is 0 Å². The number of phenols is 1. The number of hydrogen-bond acceptors (Lipinski definition) is 5. The van der Waals surface area contributed by atoms with Crippen molar-refractivity contribution >= 4 is 18.4 Å². The Hall–Kier alpha value is -3.00. The Labute approximate surface area is 148 Å². The van der Waals surface area contributed by atoms with Crippen molar-refractivity contribution in [1.82, 2.24) is 14.9 Å². The van der Waals surface area contributed by atoms with Crippen molar-refractivity contribution in [2.45, 2.75) is 6.92 Å². The number of nitrogens with zero attached hydrogens (tertiary/aromatic N) is 3. The molecular weight excluding hydrogens is 343 g/mol. The fourth-order valence-corrected chi connectivity index (χ4v) is 2.43. The van der Waals surface area contributed by atoms with Crippen molar-refractivity contribution in [3.05, 3.63) is 58.6 Å². The van der Waals surface area contributed by atoms with Crippen LogP contribution in [0.4, 0.5) is 4.39 Å². The molecule has 8 heteroatoms. The molecule has 0 fully saturated rings. The molecule has 0 radical (unpaired) electrons. The van der Waals surface area contributed by atoms with Crippen molar-refractivity contribution in [1.29, 1.82) is 0 Å². The summed E-state index contributed by atoms with van der Waals surface area (Å²) in [6.07, 6.45) is 1.44. The maximum Gasteiger partial charge on any atom is 0.216 e. The van der Waals surface area contributed by atoms with Gasteiger partial charge in [-0.2, -0.15) is 14.9 Å². The number of aromatic nitrogens is 3. The number of rotatable bonds is 5. The minimum Gasteiger partial charge on any atom is -0.504 e. The van der Waals surface area contributed by atoms with Gasteiger partial charge in [0.25, 0.3) is 0 Å². The number of halogens is 1. The first-order valence-corrected chi connectivity index (χ1v) is 7.93. The van der Waals surface area contributed by atoms with Crippen LogP contribution in [-0.4, -0.2) is 32.8 Å². The summed E-state index contributed by atoms with van der Waals surface area (Å²) in [6.45, 7) is 2.26. The van der Waals surface area contributed by atoms with E-state index in [1.165, 1.54) is 23.0 Å². The van der Waals surface area contributed by atoms with E-state index in [2.05, 4.69) is 15.3 Å². The van der Waals surface area contributed by atoms with Crippen molar-refractivity contribution in [2.24, 2.45) is 5.10 Å². The van der Waals surface area contributed by atoms with Gasteiger partial charge in [0.2, 0.25) is 4.77 Å². The zero-order valence-electron chi connectivity index (χ0n) is 13.3. The lowest BCUT2D eigenvalue weighted by molar-refractivity contribution is 0.318. The van der Waals surface area contributed by atoms with Crippen LogP contribution in [0.1, 0.15) is 12.5 Å². The topological polar surface area (TPSA) is 75.4 Å². The largest absolute Gasteiger partial charge is 0.504 e. The number of H-pyrrole nitrogens is 1. The van der Waals surface area contributed by atoms with Gasteiger partial charge in [-0.05, 0) is 43.4 Å². The number of nitrogens with one attached hydrogen (secondary N) is 1. The highest BCUT2D eigenvalue weighted by Gasteiger charge is 2.10. The van der Waals surface area contributed by atoms with Crippen LogP contribution in [0.2, 0.25) is 0 Å². The Kier molecular flexibility index (Phi) is 4.90. The molecule has 3 aromatic rings. The second-order valence-electron chi connectivity index (χ2n) is 5.05. The molecule has 2 aromatic carbocycles. The second kappa shape index (κ2) is 7.27. The average molecular weight is 358 g/mol. The van der Waals surface area contributed by atoms with Crippen molar-refractivity contribution in [2.75, 3.05) is 6.61 Å². The predicted octanol–water partition coefficient (Wildman–Crippen LogP) is 3.73. The summed E-state index contributed by atoms with van der Waals surface area (Å²) in [5, 5.41) is 21.2. The van der Waals surface area contributed by atoms with Gasteiger partial charge in [0, 0.05) is 11.1 Å². The Balaban J connectivity index is 1.99.